The Balaban J connectivity index is 0. The Morgan fingerprint density at radius 3 is 2.46 bits per heavy atom. The van der Waals surface area contributed by atoms with E-state index < -0.39 is 10.0 Å². The Labute approximate surface area is 164 Å². The van der Waals surface area contributed by atoms with Crippen LogP contribution in [0.1, 0.15) is 20.3 Å². The summed E-state index contributed by atoms with van der Waals surface area (Å²) in [6.07, 6.45) is 1.01. The first-order valence-electron chi connectivity index (χ1n) is 8.12. The molecule has 3 N–H and O–H groups in total. The van der Waals surface area contributed by atoms with E-state index >= 15 is 0 Å². The predicted molar refractivity (Wildman–Crippen MR) is 111 cm³/mol. The molecule has 0 radical (unpaired) electrons. The lowest BCUT2D eigenvalue weighted by molar-refractivity contribution is 0.180. The van der Waals surface area contributed by atoms with Crippen LogP contribution in [0.4, 0.5) is 0 Å². The van der Waals surface area contributed by atoms with E-state index in [1.807, 2.05) is 6.92 Å². The molecule has 0 rings (SSSR count). The summed E-state index contributed by atoms with van der Waals surface area (Å²) in [7, 11) is 0.634. The SMILES string of the molecule is CCNC(=NCCNS(=O)(=O)CC)NCCN(C)CCCOC.I. The minimum absolute atomic E-state index is 0. The molecule has 0 saturated carbocycles. The average molecular weight is 479 g/mol. The van der Waals surface area contributed by atoms with Gasteiger partial charge in [0.2, 0.25) is 10.0 Å². The fourth-order valence-corrected chi connectivity index (χ4v) is 2.37. The third-order valence-corrected chi connectivity index (χ3v) is 4.51. The van der Waals surface area contributed by atoms with Crippen molar-refractivity contribution in [3.8, 4) is 0 Å². The first-order valence-corrected chi connectivity index (χ1v) is 9.77. The topological polar surface area (TPSA) is 95.1 Å². The molecule has 0 spiro atoms. The molecular weight excluding hydrogens is 445 g/mol. The summed E-state index contributed by atoms with van der Waals surface area (Å²) < 4.78 is 30.2. The molecule has 0 aliphatic carbocycles. The van der Waals surface area contributed by atoms with E-state index in [2.05, 4.69) is 32.3 Å². The van der Waals surface area contributed by atoms with Gasteiger partial charge in [-0.1, -0.05) is 0 Å². The van der Waals surface area contributed by atoms with Gasteiger partial charge in [-0.05, 0) is 27.3 Å². The lowest BCUT2D eigenvalue weighted by Crippen LogP contribution is -2.41. The van der Waals surface area contributed by atoms with Crippen molar-refractivity contribution in [1.29, 1.82) is 0 Å². The molecule has 0 aliphatic heterocycles. The Hall–Kier alpha value is -0.170. The second kappa shape index (κ2) is 16.3. The van der Waals surface area contributed by atoms with E-state index in [0.29, 0.717) is 19.0 Å². The Bertz CT molecular complexity index is 421. The van der Waals surface area contributed by atoms with Gasteiger partial charge in [0.05, 0.1) is 12.3 Å². The Morgan fingerprint density at radius 2 is 1.88 bits per heavy atom. The van der Waals surface area contributed by atoms with E-state index in [1.165, 1.54) is 0 Å². The summed E-state index contributed by atoms with van der Waals surface area (Å²) in [6, 6.07) is 0. The molecule has 10 heteroatoms. The number of rotatable bonds is 13. The summed E-state index contributed by atoms with van der Waals surface area (Å²) in [5.74, 6) is 0.790. The zero-order valence-corrected chi connectivity index (χ0v) is 18.4. The van der Waals surface area contributed by atoms with E-state index in [-0.39, 0.29) is 29.7 Å². The molecule has 0 bridgehead atoms. The molecular formula is C14H34IN5O3S. The van der Waals surface area contributed by atoms with E-state index in [4.69, 9.17) is 4.74 Å². The lowest BCUT2D eigenvalue weighted by atomic mass is 10.4. The van der Waals surface area contributed by atoms with Crippen LogP contribution < -0.4 is 15.4 Å². The van der Waals surface area contributed by atoms with E-state index in [9.17, 15) is 8.42 Å². The van der Waals surface area contributed by atoms with Crippen LogP contribution in [0.3, 0.4) is 0 Å². The molecule has 8 nitrogen and oxygen atoms in total. The molecule has 0 fully saturated rings. The maximum absolute atomic E-state index is 11.3. The van der Waals surface area contributed by atoms with Crippen LogP contribution in [0.5, 0.6) is 0 Å². The van der Waals surface area contributed by atoms with Gasteiger partial charge in [0.1, 0.15) is 0 Å². The molecule has 0 atom stereocenters. The monoisotopic (exact) mass is 479 g/mol. The van der Waals surface area contributed by atoms with Crippen molar-refractivity contribution < 1.29 is 13.2 Å². The van der Waals surface area contributed by atoms with E-state index in [1.54, 1.807) is 14.0 Å². The molecule has 0 unspecified atom stereocenters. The standard InChI is InChI=1S/C14H33N5O3S.HI/c1-5-15-14(16-8-9-18-23(20,21)6-2)17-10-12-19(3)11-7-13-22-4;/h18H,5-13H2,1-4H3,(H2,15,16,17);1H. The summed E-state index contributed by atoms with van der Waals surface area (Å²) in [5.41, 5.74) is 0. The fraction of sp³-hybridized carbons (Fsp3) is 0.929. The van der Waals surface area contributed by atoms with Crippen LogP contribution in [0.25, 0.3) is 0 Å². The van der Waals surface area contributed by atoms with E-state index in [0.717, 1.165) is 39.2 Å². The zero-order valence-electron chi connectivity index (χ0n) is 15.3. The Kier molecular flexibility index (Phi) is 17.7. The number of methoxy groups -OCH3 is 1. The van der Waals surface area contributed by atoms with Crippen LogP contribution in [0.2, 0.25) is 0 Å². The highest BCUT2D eigenvalue weighted by atomic mass is 127. The van der Waals surface area contributed by atoms with Crippen molar-refractivity contribution in [2.75, 3.05) is 65.8 Å². The van der Waals surface area contributed by atoms with Gasteiger partial charge in [0, 0.05) is 46.4 Å². The highest BCUT2D eigenvalue weighted by Gasteiger charge is 2.04. The molecule has 0 aromatic rings. The molecule has 0 amide bonds. The summed E-state index contributed by atoms with van der Waals surface area (Å²) >= 11 is 0. The first kappa shape index (κ1) is 26.1. The number of aliphatic imine (C=N–C) groups is 1. The molecule has 0 aromatic heterocycles. The normalized spacial score (nSPS) is 12.1. The number of hydrogen-bond acceptors (Lipinski definition) is 5. The highest BCUT2D eigenvalue weighted by molar-refractivity contribution is 14.0. The van der Waals surface area contributed by atoms with Crippen molar-refractivity contribution >= 4 is 40.0 Å². The number of nitrogens with zero attached hydrogens (tertiary/aromatic N) is 2. The molecule has 24 heavy (non-hydrogen) atoms. The van der Waals surface area contributed by atoms with Gasteiger partial charge >= 0.3 is 0 Å². The third-order valence-electron chi connectivity index (χ3n) is 3.10. The number of nitrogens with one attached hydrogen (secondary N) is 3. The van der Waals surface area contributed by atoms with Gasteiger partial charge in [0.15, 0.2) is 5.96 Å². The number of ether oxygens (including phenoxy) is 1. The van der Waals surface area contributed by atoms with Gasteiger partial charge in [-0.2, -0.15) is 0 Å². The number of likely N-dealkylation sites (N-methyl/N-ethyl adjacent to an activating group) is 1. The van der Waals surface area contributed by atoms with Crippen LogP contribution in [-0.2, 0) is 14.8 Å². The van der Waals surface area contributed by atoms with Gasteiger partial charge in [-0.15, -0.1) is 24.0 Å². The second-order valence-corrected chi connectivity index (χ2v) is 7.23. The minimum Gasteiger partial charge on any atom is -0.385 e. The maximum atomic E-state index is 11.3. The smallest absolute Gasteiger partial charge is 0.211 e. The maximum Gasteiger partial charge on any atom is 0.211 e. The number of halogens is 1. The van der Waals surface area contributed by atoms with Gasteiger partial charge in [-0.3, -0.25) is 4.99 Å². The number of guanidine groups is 1. The van der Waals surface area contributed by atoms with Crippen molar-refractivity contribution in [2.45, 2.75) is 20.3 Å². The summed E-state index contributed by atoms with van der Waals surface area (Å²) in [6.45, 7) is 8.51. The minimum atomic E-state index is -3.15. The van der Waals surface area contributed by atoms with Crippen LogP contribution >= 0.6 is 24.0 Å². The first-order chi connectivity index (χ1) is 10.9. The number of hydrogen-bond donors (Lipinski definition) is 3. The van der Waals surface area contributed by atoms with Crippen molar-refractivity contribution in [1.82, 2.24) is 20.3 Å². The Morgan fingerprint density at radius 1 is 1.17 bits per heavy atom. The molecule has 0 aliphatic rings. The highest BCUT2D eigenvalue weighted by Crippen LogP contribution is 1.87. The summed E-state index contributed by atoms with van der Waals surface area (Å²) in [4.78, 5) is 6.58. The molecule has 0 aromatic carbocycles. The van der Waals surface area contributed by atoms with Crippen LogP contribution in [0, 0.1) is 0 Å². The summed E-state index contributed by atoms with van der Waals surface area (Å²) in [5, 5.41) is 6.39. The van der Waals surface area contributed by atoms with Gasteiger partial charge in [0.25, 0.3) is 0 Å². The largest absolute Gasteiger partial charge is 0.385 e. The average Bonchev–Trinajstić information content (AvgIpc) is 2.51. The van der Waals surface area contributed by atoms with Crippen molar-refractivity contribution in [2.24, 2.45) is 4.99 Å². The molecule has 0 saturated heterocycles. The number of sulfonamides is 1. The lowest BCUT2D eigenvalue weighted by Gasteiger charge is -2.18. The molecule has 0 heterocycles. The fourth-order valence-electron chi connectivity index (χ4n) is 1.77. The quantitative estimate of drug-likeness (QED) is 0.150. The third kappa shape index (κ3) is 15.4. The van der Waals surface area contributed by atoms with Crippen LogP contribution in [0.15, 0.2) is 4.99 Å². The molecule has 146 valence electrons. The van der Waals surface area contributed by atoms with Crippen LogP contribution in [-0.4, -0.2) is 85.1 Å². The van der Waals surface area contributed by atoms with Crippen molar-refractivity contribution in [3.63, 3.8) is 0 Å². The zero-order chi connectivity index (χ0) is 17.6. The predicted octanol–water partition coefficient (Wildman–Crippen LogP) is 0.0671. The van der Waals surface area contributed by atoms with Gasteiger partial charge < -0.3 is 20.3 Å². The van der Waals surface area contributed by atoms with Crippen molar-refractivity contribution in [3.05, 3.63) is 0 Å². The van der Waals surface area contributed by atoms with Gasteiger partial charge in [-0.25, -0.2) is 13.1 Å². The second-order valence-electron chi connectivity index (χ2n) is 5.13.